The van der Waals surface area contributed by atoms with Gasteiger partial charge >= 0.3 is 5.97 Å². The van der Waals surface area contributed by atoms with Gasteiger partial charge in [-0.1, -0.05) is 111 Å². The second-order valence-corrected chi connectivity index (χ2v) is 40.3. The Labute approximate surface area is 745 Å². The Hall–Kier alpha value is -2.76. The molecule has 24 unspecified atom stereocenters. The topological polar surface area (TPSA) is 608 Å². The first-order valence-corrected chi connectivity index (χ1v) is 46.5. The van der Waals surface area contributed by atoms with Gasteiger partial charge in [0.2, 0.25) is 6.29 Å². The van der Waals surface area contributed by atoms with Gasteiger partial charge < -0.3 is 188 Å². The molecule has 13 rings (SSSR count). The minimum absolute atomic E-state index is 0.0544. The van der Waals surface area contributed by atoms with Crippen LogP contribution in [0.25, 0.3) is 0 Å². The second-order valence-electron chi connectivity index (χ2n) is 40.3. The van der Waals surface area contributed by atoms with Gasteiger partial charge in [-0.05, 0) is 138 Å². The molecule has 4 saturated carbocycles. The lowest BCUT2D eigenvalue weighted by atomic mass is 9.34. The Bertz CT molecular complexity index is 3620. The molecule has 1 amide bonds. The van der Waals surface area contributed by atoms with Crippen LogP contribution < -0.4 is 5.32 Å². The lowest BCUT2D eigenvalue weighted by Gasteiger charge is -2.71. The quantitative estimate of drug-likeness (QED) is 0.0143. The van der Waals surface area contributed by atoms with E-state index < -0.39 is 311 Å². The Kier molecular flexibility index (Phi) is 33.6. The molecule has 47 atom stereocenters. The first-order chi connectivity index (χ1) is 60.5. The van der Waals surface area contributed by atoms with Crippen LogP contribution in [0.3, 0.4) is 0 Å². The van der Waals surface area contributed by atoms with Crippen LogP contribution in [0.1, 0.15) is 198 Å². The number of esters is 1. The number of nitrogens with one attached hydrogen (secondary N) is 1. The number of aliphatic hydroxyl groups excluding tert-OH is 20. The summed E-state index contributed by atoms with van der Waals surface area (Å²) in [5, 5.41) is 227. The average molecular weight is 1840 g/mol. The number of allylic oxidation sites excluding steroid dienone is 2. The Morgan fingerprint density at radius 3 is 1.52 bits per heavy atom. The number of hydrogen-bond donors (Lipinski definition) is 21. The maximum Gasteiger partial charge on any atom is 0.315 e. The fraction of sp³-hybridized carbons (Fsp3) is 0.955. The lowest BCUT2D eigenvalue weighted by molar-refractivity contribution is -0.399. The number of hydrogen-bond acceptors (Lipinski definition) is 39. The van der Waals surface area contributed by atoms with Crippen LogP contribution in [0.2, 0.25) is 0 Å². The van der Waals surface area contributed by atoms with Gasteiger partial charge in [-0.2, -0.15) is 0 Å². The first-order valence-electron chi connectivity index (χ1n) is 46.5. The van der Waals surface area contributed by atoms with E-state index in [0.29, 0.717) is 64.2 Å². The molecule has 0 aromatic carbocycles. The standard InChI is InChI=1S/C88H147NO39/c1-12-13-14-15-16-17-18-19-20-21-32-89-73(110)70-63(107)68(123-76-61(105)56(100)50(94)38(2)115-76)72(127-77-62(106)57(101)54(98)45(34-90)118-77)81(125-70)120-49-25-26-84(7)47-23-22-41-42-33-83(5,6)28-30-88(42,31-29-85(41,8)86(47,9)27-24-48(84)87(49,10)112-11)82(111)128-80-71(58(102)51(95)39(3)116-80)126-78-65(109)69(66(40(4)117-78)121-74-59(103)52(96)43(92)36-113-74)124-79-64(108)67(55(99)46(35-91)119-79)122-75-60(104)53(97)44(93)37-114-75/h22,38-40,42-72,74-81,90-109H,12-21,23-37H2,1-11H3,(H,89,110)/t38?,39?,40?,42?,43-,44-,45?,46?,47?,48-,49+,50?,51+,52+,53+,54+,55-,56?,57+,58+,59?,60?,61?,62?,63+,64?,65+,66+,67+,68+,69?,70?,71?,72?,74+,75+,76?,77+,78?,79+,80+,81-,84?,85-,86?,87?,88?/m1/s1. The molecule has 8 saturated heterocycles. The third kappa shape index (κ3) is 19.9. The van der Waals surface area contributed by atoms with Gasteiger partial charge in [0.05, 0.1) is 61.9 Å². The fourth-order valence-electron chi connectivity index (χ4n) is 23.5. The molecule has 40 heteroatoms. The van der Waals surface area contributed by atoms with Crippen molar-refractivity contribution in [3.05, 3.63) is 11.6 Å². The van der Waals surface area contributed by atoms with E-state index in [0.717, 1.165) is 44.1 Å². The highest BCUT2D eigenvalue weighted by Gasteiger charge is 2.72. The van der Waals surface area contributed by atoms with E-state index in [-0.39, 0.29) is 30.2 Å². The molecule has 13 aliphatic rings. The van der Waals surface area contributed by atoms with Crippen molar-refractivity contribution in [3.63, 3.8) is 0 Å². The van der Waals surface area contributed by atoms with Crippen molar-refractivity contribution in [2.24, 2.45) is 44.8 Å². The Balaban J connectivity index is 0.758. The van der Waals surface area contributed by atoms with E-state index in [1.807, 2.05) is 6.92 Å². The fourth-order valence-corrected chi connectivity index (χ4v) is 23.5. The van der Waals surface area contributed by atoms with Crippen molar-refractivity contribution in [3.8, 4) is 0 Å². The summed E-state index contributed by atoms with van der Waals surface area (Å²) < 4.78 is 107. The summed E-state index contributed by atoms with van der Waals surface area (Å²) in [6, 6.07) is 0. The van der Waals surface area contributed by atoms with Gasteiger partial charge in [0.1, 0.15) is 153 Å². The highest BCUT2D eigenvalue weighted by molar-refractivity contribution is 5.81. The van der Waals surface area contributed by atoms with E-state index in [9.17, 15) is 107 Å². The highest BCUT2D eigenvalue weighted by atomic mass is 16.8. The molecule has 40 nitrogen and oxygen atoms in total. The zero-order valence-electron chi connectivity index (χ0n) is 75.2. The molecule has 8 heterocycles. The van der Waals surface area contributed by atoms with Gasteiger partial charge in [-0.25, -0.2) is 0 Å². The SMILES string of the molecule is CCCCCCCCCCCCNC(=O)C1O[C@@H](O[C@H]2CCC3(C)C4CC=C5C6CC(C)(C)CCC6(C(=O)O[C@@H]6OC(C)[C@H](O)[C@H](O)C6OC6OC(C)[C@H](O[C@@H]7OC[C@@H](O)[C@H](O)C7O)C(O[C@@H]7OC(CO)[C@@H](O)[C@H](O[C@@H]8OC[C@@H](O)[C@H](O)C8O)C7O)[C@@H]6O)CC[C@@]5(C)C4(C)CC[C@H]3C2(C)OC)C(O[C@@H]2OC(CO)[C@H](O)[C@H](O)C2O)[C@@H](OC2OC(C)C(O)C(O)C2O)[C@@H]1O. The number of carbonyl (C=O) groups excluding carboxylic acids is 2. The van der Waals surface area contributed by atoms with Gasteiger partial charge in [-0.15, -0.1) is 0 Å². The summed E-state index contributed by atoms with van der Waals surface area (Å²) >= 11 is 0. The zero-order chi connectivity index (χ0) is 93.1. The van der Waals surface area contributed by atoms with Crippen molar-refractivity contribution in [2.75, 3.05) is 40.1 Å². The number of fused-ring (bicyclic) bond motifs is 7. The number of carbonyl (C=O) groups is 2. The predicted molar refractivity (Wildman–Crippen MR) is 436 cm³/mol. The molecule has 8 aliphatic heterocycles. The number of unbranched alkanes of at least 4 members (excludes halogenated alkanes) is 9. The summed E-state index contributed by atoms with van der Waals surface area (Å²) in [5.74, 6) is -2.24. The molecule has 0 radical (unpaired) electrons. The molecule has 128 heavy (non-hydrogen) atoms. The summed E-state index contributed by atoms with van der Waals surface area (Å²) in [6.07, 6.45) is -51.6. The van der Waals surface area contributed by atoms with Crippen LogP contribution in [0, 0.1) is 44.8 Å². The van der Waals surface area contributed by atoms with Gasteiger partial charge in [0, 0.05) is 13.7 Å². The summed E-state index contributed by atoms with van der Waals surface area (Å²) in [5.41, 5.74) is -3.25. The zero-order valence-corrected chi connectivity index (χ0v) is 75.2. The highest BCUT2D eigenvalue weighted by Crippen LogP contribution is 2.76. The Morgan fingerprint density at radius 1 is 0.430 bits per heavy atom. The third-order valence-electron chi connectivity index (χ3n) is 31.8. The van der Waals surface area contributed by atoms with Crippen molar-refractivity contribution < 1.29 is 192 Å². The first kappa shape index (κ1) is 103. The third-order valence-corrected chi connectivity index (χ3v) is 31.8. The lowest BCUT2D eigenvalue weighted by Crippen LogP contribution is -2.70. The molecule has 0 spiro atoms. The molecule has 0 aromatic rings. The van der Waals surface area contributed by atoms with Crippen molar-refractivity contribution in [2.45, 2.75) is 443 Å². The monoisotopic (exact) mass is 1840 g/mol. The molecular weight excluding hydrogens is 1690 g/mol. The van der Waals surface area contributed by atoms with E-state index in [2.05, 4.69) is 52.9 Å². The summed E-state index contributed by atoms with van der Waals surface area (Å²) in [4.78, 5) is 30.9. The average Bonchev–Trinajstić information content (AvgIpc) is 0.672. The van der Waals surface area contributed by atoms with Crippen LogP contribution in [0.15, 0.2) is 11.6 Å². The van der Waals surface area contributed by atoms with E-state index in [1.54, 1.807) is 7.11 Å². The van der Waals surface area contributed by atoms with Crippen LogP contribution in [0.5, 0.6) is 0 Å². The van der Waals surface area contributed by atoms with Crippen LogP contribution in [0.4, 0.5) is 0 Å². The molecular formula is C88H147NO39. The van der Waals surface area contributed by atoms with Gasteiger partial charge in [0.25, 0.3) is 5.91 Å². The molecule has 5 aliphatic carbocycles. The van der Waals surface area contributed by atoms with Crippen LogP contribution in [-0.4, -0.2) is 399 Å². The summed E-state index contributed by atoms with van der Waals surface area (Å²) in [7, 11) is 1.58. The summed E-state index contributed by atoms with van der Waals surface area (Å²) in [6.45, 7) is 16.9. The van der Waals surface area contributed by atoms with Crippen LogP contribution in [-0.2, 0) is 90.1 Å². The number of aliphatic hydroxyl groups is 20. The predicted octanol–water partition coefficient (Wildman–Crippen LogP) is -2.95. The minimum atomic E-state index is -2.17. The van der Waals surface area contributed by atoms with Crippen molar-refractivity contribution in [1.82, 2.24) is 5.32 Å². The van der Waals surface area contributed by atoms with E-state index in [4.69, 9.17) is 80.5 Å². The van der Waals surface area contributed by atoms with Crippen LogP contribution >= 0.6 is 0 Å². The van der Waals surface area contributed by atoms with E-state index >= 15 is 4.79 Å². The normalized spacial score (nSPS) is 51.0. The van der Waals surface area contributed by atoms with E-state index in [1.165, 1.54) is 40.0 Å². The van der Waals surface area contributed by atoms with Crippen molar-refractivity contribution in [1.29, 1.82) is 0 Å². The molecule has 21 N–H and O–H groups in total. The Morgan fingerprint density at radius 2 is 0.914 bits per heavy atom. The molecule has 738 valence electrons. The van der Waals surface area contributed by atoms with Crippen molar-refractivity contribution >= 4 is 11.9 Å². The second kappa shape index (κ2) is 41.9. The smallest absolute Gasteiger partial charge is 0.315 e. The molecule has 0 aromatic heterocycles. The minimum Gasteiger partial charge on any atom is -0.432 e. The number of rotatable bonds is 31. The number of methoxy groups -OCH3 is 1. The van der Waals surface area contributed by atoms with Gasteiger partial charge in [-0.3, -0.25) is 9.59 Å². The molecule has 12 fully saturated rings. The molecule has 0 bridgehead atoms. The maximum absolute atomic E-state index is 16.1. The van der Waals surface area contributed by atoms with Gasteiger partial charge in [0.15, 0.2) is 56.2 Å². The largest absolute Gasteiger partial charge is 0.432 e. The maximum atomic E-state index is 16.1. The number of ether oxygens (including phenoxy) is 17. The number of amides is 1.